The first-order valence-electron chi connectivity index (χ1n) is 3.66. The highest BCUT2D eigenvalue weighted by Crippen LogP contribution is 2.31. The number of methoxy groups -OCH3 is 1. The van der Waals surface area contributed by atoms with E-state index >= 15 is 0 Å². The van der Waals surface area contributed by atoms with Gasteiger partial charge < -0.3 is 4.74 Å². The largest absolute Gasteiger partial charge is 0.495 e. The van der Waals surface area contributed by atoms with Gasteiger partial charge >= 0.3 is 0 Å². The molecule has 0 N–H and O–H groups in total. The Bertz CT molecular complexity index is 325. The van der Waals surface area contributed by atoms with Gasteiger partial charge in [-0.3, -0.25) is 4.79 Å². The van der Waals surface area contributed by atoms with Crippen LogP contribution in [0, 0.1) is 5.82 Å². The van der Waals surface area contributed by atoms with Crippen LogP contribution in [0.4, 0.5) is 4.39 Å². The number of halogens is 1. The molecule has 0 heterocycles. The van der Waals surface area contributed by atoms with Gasteiger partial charge in [0.1, 0.15) is 11.6 Å². The second-order valence-corrected chi connectivity index (χ2v) is 3.55. The van der Waals surface area contributed by atoms with Crippen LogP contribution in [0.5, 0.6) is 5.75 Å². The molecule has 70 valence electrons. The second kappa shape index (κ2) is 4.28. The van der Waals surface area contributed by atoms with E-state index in [0.717, 1.165) is 11.8 Å². The van der Waals surface area contributed by atoms with Crippen LogP contribution in [0.1, 0.15) is 6.92 Å². The minimum absolute atomic E-state index is 0.164. The van der Waals surface area contributed by atoms with Gasteiger partial charge in [0.15, 0.2) is 5.12 Å². The molecule has 2 nitrogen and oxygen atoms in total. The normalized spacial score (nSPS) is 9.77. The fourth-order valence-corrected chi connectivity index (χ4v) is 1.60. The Hall–Kier alpha value is -1.03. The third-order valence-electron chi connectivity index (χ3n) is 1.40. The molecule has 1 aromatic rings. The van der Waals surface area contributed by atoms with Gasteiger partial charge in [-0.1, -0.05) is 6.07 Å². The molecule has 0 radical (unpaired) electrons. The molecule has 0 fully saturated rings. The standard InChI is InChI=1S/C9H9FO2S/c1-6(11)13-9-7(10)4-3-5-8(9)12-2/h3-5H,1-2H3. The summed E-state index contributed by atoms with van der Waals surface area (Å²) in [5.74, 6) is -0.0419. The molecule has 0 unspecified atom stereocenters. The van der Waals surface area contributed by atoms with Crippen molar-refractivity contribution in [3.8, 4) is 5.75 Å². The van der Waals surface area contributed by atoms with Crippen LogP contribution in [-0.2, 0) is 4.79 Å². The van der Waals surface area contributed by atoms with Gasteiger partial charge in [0, 0.05) is 6.92 Å². The van der Waals surface area contributed by atoms with Gasteiger partial charge in [-0.25, -0.2) is 4.39 Å². The first-order chi connectivity index (χ1) is 6.15. The van der Waals surface area contributed by atoms with Crippen LogP contribution in [0.25, 0.3) is 0 Å². The number of benzene rings is 1. The van der Waals surface area contributed by atoms with Crippen LogP contribution in [0.3, 0.4) is 0 Å². The maximum atomic E-state index is 13.1. The van der Waals surface area contributed by atoms with Gasteiger partial charge in [-0.2, -0.15) is 0 Å². The Labute approximate surface area is 80.1 Å². The van der Waals surface area contributed by atoms with Gasteiger partial charge in [-0.05, 0) is 23.9 Å². The van der Waals surface area contributed by atoms with Crippen molar-refractivity contribution in [2.45, 2.75) is 11.8 Å². The fraction of sp³-hybridized carbons (Fsp3) is 0.222. The summed E-state index contributed by atoms with van der Waals surface area (Å²) >= 11 is 0.837. The molecule has 0 aliphatic heterocycles. The van der Waals surface area contributed by atoms with E-state index in [-0.39, 0.29) is 10.0 Å². The lowest BCUT2D eigenvalue weighted by atomic mass is 10.3. The third kappa shape index (κ3) is 2.45. The highest BCUT2D eigenvalue weighted by atomic mass is 32.2. The summed E-state index contributed by atoms with van der Waals surface area (Å²) in [6.07, 6.45) is 0. The maximum Gasteiger partial charge on any atom is 0.190 e. The molecule has 0 saturated heterocycles. The van der Waals surface area contributed by atoms with E-state index < -0.39 is 5.82 Å². The molecule has 1 rings (SSSR count). The number of hydrogen-bond donors (Lipinski definition) is 0. The zero-order chi connectivity index (χ0) is 9.84. The summed E-state index contributed by atoms with van der Waals surface area (Å²) in [5, 5.41) is -0.164. The lowest BCUT2D eigenvalue weighted by Gasteiger charge is -2.06. The van der Waals surface area contributed by atoms with Crippen molar-refractivity contribution in [3.63, 3.8) is 0 Å². The van der Waals surface area contributed by atoms with Gasteiger partial charge in [-0.15, -0.1) is 0 Å². The minimum Gasteiger partial charge on any atom is -0.495 e. The van der Waals surface area contributed by atoms with E-state index in [4.69, 9.17) is 4.74 Å². The summed E-state index contributed by atoms with van der Waals surface area (Å²) < 4.78 is 18.1. The molecular weight excluding hydrogens is 191 g/mol. The van der Waals surface area contributed by atoms with E-state index in [2.05, 4.69) is 0 Å². The minimum atomic E-state index is -0.431. The number of rotatable bonds is 2. The third-order valence-corrected chi connectivity index (χ3v) is 2.28. The van der Waals surface area contributed by atoms with Gasteiger partial charge in [0.05, 0.1) is 12.0 Å². The van der Waals surface area contributed by atoms with E-state index in [0.29, 0.717) is 5.75 Å². The van der Waals surface area contributed by atoms with Crippen LogP contribution in [-0.4, -0.2) is 12.2 Å². The van der Waals surface area contributed by atoms with Crippen molar-refractivity contribution in [3.05, 3.63) is 24.0 Å². The molecule has 0 bridgehead atoms. The summed E-state index contributed by atoms with van der Waals surface area (Å²) in [6, 6.07) is 4.46. The Morgan fingerprint density at radius 3 is 2.77 bits per heavy atom. The second-order valence-electron chi connectivity index (χ2n) is 2.36. The number of hydrogen-bond acceptors (Lipinski definition) is 3. The van der Waals surface area contributed by atoms with Crippen LogP contribution in [0.15, 0.2) is 23.1 Å². The highest BCUT2D eigenvalue weighted by molar-refractivity contribution is 8.13. The zero-order valence-electron chi connectivity index (χ0n) is 7.33. The predicted molar refractivity (Wildman–Crippen MR) is 49.5 cm³/mol. The molecule has 0 atom stereocenters. The molecule has 0 saturated carbocycles. The molecule has 0 spiro atoms. The van der Waals surface area contributed by atoms with E-state index in [1.54, 1.807) is 12.1 Å². The Morgan fingerprint density at radius 2 is 2.23 bits per heavy atom. The zero-order valence-corrected chi connectivity index (χ0v) is 8.15. The molecule has 0 aliphatic rings. The van der Waals surface area contributed by atoms with E-state index in [1.165, 1.54) is 20.1 Å². The summed E-state index contributed by atoms with van der Waals surface area (Å²) in [4.78, 5) is 11.0. The SMILES string of the molecule is COc1cccc(F)c1SC(C)=O. The summed E-state index contributed by atoms with van der Waals surface area (Å²) in [7, 11) is 1.44. The van der Waals surface area contributed by atoms with Crippen molar-refractivity contribution < 1.29 is 13.9 Å². The fourth-order valence-electron chi connectivity index (χ4n) is 0.893. The molecule has 0 amide bonds. The molecule has 13 heavy (non-hydrogen) atoms. The first-order valence-corrected chi connectivity index (χ1v) is 4.47. The predicted octanol–water partition coefficient (Wildman–Crippen LogP) is 2.47. The average molecular weight is 200 g/mol. The Balaban J connectivity index is 3.07. The number of ether oxygens (including phenoxy) is 1. The average Bonchev–Trinajstić information content (AvgIpc) is 2.08. The number of carbonyl (C=O) groups is 1. The topological polar surface area (TPSA) is 26.3 Å². The van der Waals surface area contributed by atoms with Crippen molar-refractivity contribution >= 4 is 16.9 Å². The summed E-state index contributed by atoms with van der Waals surface area (Å²) in [6.45, 7) is 1.39. The van der Waals surface area contributed by atoms with Crippen molar-refractivity contribution in [2.24, 2.45) is 0 Å². The van der Waals surface area contributed by atoms with E-state index in [1.807, 2.05) is 0 Å². The van der Waals surface area contributed by atoms with Crippen molar-refractivity contribution in [1.82, 2.24) is 0 Å². The maximum absolute atomic E-state index is 13.1. The highest BCUT2D eigenvalue weighted by Gasteiger charge is 2.11. The molecule has 4 heteroatoms. The van der Waals surface area contributed by atoms with E-state index in [9.17, 15) is 9.18 Å². The lowest BCUT2D eigenvalue weighted by molar-refractivity contribution is -0.109. The molecule has 0 aliphatic carbocycles. The van der Waals surface area contributed by atoms with Crippen LogP contribution >= 0.6 is 11.8 Å². The number of carbonyl (C=O) groups excluding carboxylic acids is 1. The smallest absolute Gasteiger partial charge is 0.190 e. The van der Waals surface area contributed by atoms with Gasteiger partial charge in [0.2, 0.25) is 0 Å². The first kappa shape index (κ1) is 10.1. The van der Waals surface area contributed by atoms with Crippen molar-refractivity contribution in [2.75, 3.05) is 7.11 Å². The van der Waals surface area contributed by atoms with Crippen LogP contribution in [0.2, 0.25) is 0 Å². The number of thioether (sulfide) groups is 1. The molecule has 0 aromatic heterocycles. The Kier molecular flexibility index (Phi) is 3.31. The van der Waals surface area contributed by atoms with Gasteiger partial charge in [0.25, 0.3) is 0 Å². The van der Waals surface area contributed by atoms with Crippen LogP contribution < -0.4 is 4.74 Å². The lowest BCUT2D eigenvalue weighted by Crippen LogP contribution is -1.91. The molecular formula is C9H9FO2S. The molecule has 1 aromatic carbocycles. The monoisotopic (exact) mass is 200 g/mol. The van der Waals surface area contributed by atoms with Crippen molar-refractivity contribution in [1.29, 1.82) is 0 Å². The quantitative estimate of drug-likeness (QED) is 0.686. The Morgan fingerprint density at radius 1 is 1.54 bits per heavy atom. The summed E-state index contributed by atoms with van der Waals surface area (Å²) in [5.41, 5.74) is 0.